The zero-order valence-electron chi connectivity index (χ0n) is 13.8. The summed E-state index contributed by atoms with van der Waals surface area (Å²) in [6.45, 7) is 0. The minimum absolute atomic E-state index is 0.00321. The Labute approximate surface area is 149 Å². The highest BCUT2D eigenvalue weighted by atomic mass is 19.1. The van der Waals surface area contributed by atoms with E-state index in [-0.39, 0.29) is 16.8 Å². The number of rotatable bonds is 4. The van der Waals surface area contributed by atoms with E-state index in [0.717, 1.165) is 5.56 Å². The molecule has 26 heavy (non-hydrogen) atoms. The topological polar surface area (TPSA) is 90.2 Å². The summed E-state index contributed by atoms with van der Waals surface area (Å²) in [4.78, 5) is 23.4. The van der Waals surface area contributed by atoms with E-state index in [0.29, 0.717) is 30.4 Å². The number of anilines is 1. The van der Waals surface area contributed by atoms with Gasteiger partial charge in [-0.05, 0) is 54.7 Å². The summed E-state index contributed by atoms with van der Waals surface area (Å²) in [7, 11) is 0. The molecule has 0 fully saturated rings. The number of nitrogens with one attached hydrogen (secondary N) is 1. The molecule has 2 aromatic carbocycles. The number of carbonyl (C=O) groups is 2. The zero-order valence-corrected chi connectivity index (χ0v) is 13.8. The van der Waals surface area contributed by atoms with Gasteiger partial charge in [0.2, 0.25) is 0 Å². The summed E-state index contributed by atoms with van der Waals surface area (Å²) in [5, 5.41) is 20.4. The molecule has 0 aromatic heterocycles. The maximum absolute atomic E-state index is 14.4. The molecular weight excluding hydrogens is 335 g/mol. The van der Waals surface area contributed by atoms with Gasteiger partial charge < -0.3 is 10.4 Å². The third kappa shape index (κ3) is 3.47. The molecule has 130 valence electrons. The molecule has 0 saturated carbocycles. The van der Waals surface area contributed by atoms with E-state index < -0.39 is 17.7 Å². The van der Waals surface area contributed by atoms with Crippen LogP contribution in [0.15, 0.2) is 53.6 Å². The summed E-state index contributed by atoms with van der Waals surface area (Å²) in [5.41, 5.74) is 2.16. The van der Waals surface area contributed by atoms with Crippen LogP contribution in [0.1, 0.15) is 24.8 Å². The molecule has 5 nitrogen and oxygen atoms in total. The first-order valence-electron chi connectivity index (χ1n) is 8.06. The quantitative estimate of drug-likeness (QED) is 0.876. The minimum Gasteiger partial charge on any atom is -0.478 e. The Bertz CT molecular complexity index is 956. The van der Waals surface area contributed by atoms with Crippen molar-refractivity contribution in [2.45, 2.75) is 19.3 Å². The largest absolute Gasteiger partial charge is 0.478 e. The van der Waals surface area contributed by atoms with Crippen LogP contribution in [0.5, 0.6) is 0 Å². The number of carboxylic acids is 1. The van der Waals surface area contributed by atoms with Crippen LogP contribution < -0.4 is 5.32 Å². The monoisotopic (exact) mass is 350 g/mol. The second kappa shape index (κ2) is 7.19. The summed E-state index contributed by atoms with van der Waals surface area (Å²) < 4.78 is 14.4. The van der Waals surface area contributed by atoms with Gasteiger partial charge >= 0.3 is 5.97 Å². The van der Waals surface area contributed by atoms with E-state index in [1.165, 1.54) is 12.1 Å². The van der Waals surface area contributed by atoms with Crippen LogP contribution in [0, 0.1) is 17.1 Å². The van der Waals surface area contributed by atoms with Crippen molar-refractivity contribution in [1.82, 2.24) is 0 Å². The number of hydrogen-bond acceptors (Lipinski definition) is 3. The van der Waals surface area contributed by atoms with Gasteiger partial charge in [-0.25, -0.2) is 9.18 Å². The molecule has 0 heterocycles. The highest BCUT2D eigenvalue weighted by Crippen LogP contribution is 2.29. The summed E-state index contributed by atoms with van der Waals surface area (Å²) in [6, 6.07) is 13.1. The predicted octanol–water partition coefficient (Wildman–Crippen LogP) is 3.87. The SMILES string of the molecule is N#Cc1ccc(-c2ccc(NC(=O)C3=C(C(=O)O)CCC3)c(F)c2)cc1. The lowest BCUT2D eigenvalue weighted by Gasteiger charge is -2.10. The van der Waals surface area contributed by atoms with Crippen molar-refractivity contribution in [3.05, 3.63) is 65.0 Å². The lowest BCUT2D eigenvalue weighted by atomic mass is 10.0. The minimum atomic E-state index is -1.11. The summed E-state index contributed by atoms with van der Waals surface area (Å²) >= 11 is 0. The van der Waals surface area contributed by atoms with E-state index in [9.17, 15) is 14.0 Å². The lowest BCUT2D eigenvalue weighted by molar-refractivity contribution is -0.133. The van der Waals surface area contributed by atoms with Gasteiger partial charge in [-0.2, -0.15) is 5.26 Å². The molecule has 1 aliphatic carbocycles. The van der Waals surface area contributed by atoms with Crippen molar-refractivity contribution in [3.8, 4) is 17.2 Å². The van der Waals surface area contributed by atoms with Crippen molar-refractivity contribution in [1.29, 1.82) is 5.26 Å². The summed E-state index contributed by atoms with van der Waals surface area (Å²) in [5.74, 6) is -2.30. The lowest BCUT2D eigenvalue weighted by Crippen LogP contribution is -2.17. The van der Waals surface area contributed by atoms with E-state index in [1.54, 1.807) is 30.3 Å². The normalized spacial score (nSPS) is 13.4. The standard InChI is InChI=1S/C20H15FN2O3/c21-17-10-14(13-6-4-12(11-22)5-7-13)8-9-18(17)23-19(24)15-2-1-3-16(15)20(25)26/h4-10H,1-3H2,(H,23,24)(H,25,26). The predicted molar refractivity (Wildman–Crippen MR) is 93.7 cm³/mol. The molecule has 2 N–H and O–H groups in total. The highest BCUT2D eigenvalue weighted by molar-refractivity contribution is 6.09. The van der Waals surface area contributed by atoms with Crippen LogP contribution in [-0.2, 0) is 9.59 Å². The molecule has 1 amide bonds. The zero-order chi connectivity index (χ0) is 18.7. The van der Waals surface area contributed by atoms with Crippen LogP contribution in [-0.4, -0.2) is 17.0 Å². The van der Waals surface area contributed by atoms with Crippen molar-refractivity contribution >= 4 is 17.6 Å². The van der Waals surface area contributed by atoms with Gasteiger partial charge in [-0.3, -0.25) is 4.79 Å². The average Bonchev–Trinajstić information content (AvgIpc) is 3.14. The van der Waals surface area contributed by atoms with Gasteiger partial charge in [0.15, 0.2) is 0 Å². The molecule has 0 aliphatic heterocycles. The first kappa shape index (κ1) is 17.4. The molecule has 1 aliphatic rings. The van der Waals surface area contributed by atoms with Crippen LogP contribution in [0.2, 0.25) is 0 Å². The number of nitrogens with zero attached hydrogens (tertiary/aromatic N) is 1. The third-order valence-corrected chi connectivity index (χ3v) is 4.31. The van der Waals surface area contributed by atoms with Gasteiger partial charge in [0.1, 0.15) is 5.82 Å². The fraction of sp³-hybridized carbons (Fsp3) is 0.150. The number of halogens is 1. The molecule has 0 atom stereocenters. The molecule has 0 bridgehead atoms. The maximum atomic E-state index is 14.4. The van der Waals surface area contributed by atoms with Crippen molar-refractivity contribution < 1.29 is 19.1 Å². The summed E-state index contributed by atoms with van der Waals surface area (Å²) in [6.07, 6.45) is 1.32. The van der Waals surface area contributed by atoms with Gasteiger partial charge in [0.25, 0.3) is 5.91 Å². The highest BCUT2D eigenvalue weighted by Gasteiger charge is 2.25. The van der Waals surface area contributed by atoms with E-state index in [4.69, 9.17) is 10.4 Å². The molecule has 0 unspecified atom stereocenters. The number of benzene rings is 2. The van der Waals surface area contributed by atoms with Crippen LogP contribution in [0.25, 0.3) is 11.1 Å². The second-order valence-corrected chi connectivity index (χ2v) is 5.95. The molecule has 2 aromatic rings. The smallest absolute Gasteiger partial charge is 0.332 e. The van der Waals surface area contributed by atoms with Crippen molar-refractivity contribution in [2.75, 3.05) is 5.32 Å². The molecule has 0 radical (unpaired) electrons. The number of nitriles is 1. The Morgan fingerprint density at radius 1 is 1.04 bits per heavy atom. The second-order valence-electron chi connectivity index (χ2n) is 5.95. The number of carboxylic acid groups (broad SMARTS) is 1. The fourth-order valence-corrected chi connectivity index (χ4v) is 2.96. The maximum Gasteiger partial charge on any atom is 0.332 e. The molecular formula is C20H15FN2O3. The molecule has 0 saturated heterocycles. The van der Waals surface area contributed by atoms with Crippen molar-refractivity contribution in [2.24, 2.45) is 0 Å². The Balaban J connectivity index is 1.82. The first-order chi connectivity index (χ1) is 12.5. The first-order valence-corrected chi connectivity index (χ1v) is 8.06. The number of carbonyl (C=O) groups excluding carboxylic acids is 1. The Morgan fingerprint density at radius 2 is 1.69 bits per heavy atom. The van der Waals surface area contributed by atoms with Gasteiger partial charge in [0, 0.05) is 11.1 Å². The van der Waals surface area contributed by atoms with Crippen LogP contribution >= 0.6 is 0 Å². The third-order valence-electron chi connectivity index (χ3n) is 4.31. The van der Waals surface area contributed by atoms with E-state index in [2.05, 4.69) is 5.32 Å². The van der Waals surface area contributed by atoms with E-state index in [1.807, 2.05) is 6.07 Å². The molecule has 6 heteroatoms. The average molecular weight is 350 g/mol. The van der Waals surface area contributed by atoms with Crippen LogP contribution in [0.4, 0.5) is 10.1 Å². The van der Waals surface area contributed by atoms with E-state index >= 15 is 0 Å². The number of aliphatic carboxylic acids is 1. The van der Waals surface area contributed by atoms with Crippen LogP contribution in [0.3, 0.4) is 0 Å². The number of amides is 1. The Hall–Kier alpha value is -3.46. The van der Waals surface area contributed by atoms with Crippen molar-refractivity contribution in [3.63, 3.8) is 0 Å². The Kier molecular flexibility index (Phi) is 4.81. The van der Waals surface area contributed by atoms with Gasteiger partial charge in [-0.15, -0.1) is 0 Å². The van der Waals surface area contributed by atoms with Gasteiger partial charge in [-0.1, -0.05) is 18.2 Å². The fourth-order valence-electron chi connectivity index (χ4n) is 2.96. The molecule has 3 rings (SSSR count). The molecule has 0 spiro atoms. The number of hydrogen-bond donors (Lipinski definition) is 2. The Morgan fingerprint density at radius 3 is 2.31 bits per heavy atom. The van der Waals surface area contributed by atoms with Gasteiger partial charge in [0.05, 0.1) is 17.3 Å².